The van der Waals surface area contributed by atoms with Crippen molar-refractivity contribution < 1.29 is 0 Å². The molecule has 2 aromatic rings. The van der Waals surface area contributed by atoms with Gasteiger partial charge in [-0.3, -0.25) is 0 Å². The second-order valence-electron chi connectivity index (χ2n) is 6.15. The monoisotopic (exact) mass is 271 g/mol. The summed E-state index contributed by atoms with van der Waals surface area (Å²) in [4.78, 5) is 4.52. The third-order valence-electron chi connectivity index (χ3n) is 4.63. The first kappa shape index (κ1) is 13.6. The maximum Gasteiger partial charge on any atom is 0.0958 e. The fraction of sp³-hybridized carbons (Fsp3) is 0.588. The van der Waals surface area contributed by atoms with Crippen LogP contribution in [0.15, 0.2) is 18.5 Å². The van der Waals surface area contributed by atoms with Crippen LogP contribution in [0.4, 0.5) is 0 Å². The fourth-order valence-electron chi connectivity index (χ4n) is 3.19. The highest BCUT2D eigenvalue weighted by Crippen LogP contribution is 2.19. The van der Waals surface area contributed by atoms with Crippen LogP contribution in [-0.2, 0) is 6.54 Å². The van der Waals surface area contributed by atoms with E-state index in [2.05, 4.69) is 40.8 Å². The number of aromatic nitrogens is 2. The molecule has 3 nitrogen and oxygen atoms in total. The van der Waals surface area contributed by atoms with Gasteiger partial charge in [-0.15, -0.1) is 0 Å². The summed E-state index contributed by atoms with van der Waals surface area (Å²) in [6.45, 7) is 6.38. The van der Waals surface area contributed by atoms with Gasteiger partial charge in [-0.1, -0.05) is 19.3 Å². The van der Waals surface area contributed by atoms with Crippen molar-refractivity contribution in [3.05, 3.63) is 29.6 Å². The summed E-state index contributed by atoms with van der Waals surface area (Å²) in [5, 5.41) is 3.70. The van der Waals surface area contributed by atoms with Crippen molar-refractivity contribution in [2.45, 2.75) is 58.5 Å². The lowest BCUT2D eigenvalue weighted by molar-refractivity contribution is 0.368. The van der Waals surface area contributed by atoms with Gasteiger partial charge in [0.25, 0.3) is 0 Å². The number of fused-ring (bicyclic) bond motifs is 1. The molecule has 1 fully saturated rings. The van der Waals surface area contributed by atoms with Gasteiger partial charge in [-0.05, 0) is 49.9 Å². The highest BCUT2D eigenvalue weighted by atomic mass is 15.1. The molecule has 0 radical (unpaired) electrons. The lowest BCUT2D eigenvalue weighted by Gasteiger charge is -2.22. The lowest BCUT2D eigenvalue weighted by Crippen LogP contribution is -2.33. The van der Waals surface area contributed by atoms with Gasteiger partial charge in [0.15, 0.2) is 0 Å². The average Bonchev–Trinajstić information content (AvgIpc) is 2.83. The van der Waals surface area contributed by atoms with E-state index in [4.69, 9.17) is 0 Å². The minimum atomic E-state index is 0.738. The van der Waals surface area contributed by atoms with E-state index in [0.29, 0.717) is 0 Å². The zero-order chi connectivity index (χ0) is 13.9. The Balaban J connectivity index is 1.64. The summed E-state index contributed by atoms with van der Waals surface area (Å²) >= 11 is 0. The fourth-order valence-corrected chi connectivity index (χ4v) is 3.19. The van der Waals surface area contributed by atoms with Crippen molar-refractivity contribution >= 4 is 11.0 Å². The second kappa shape index (κ2) is 5.96. The second-order valence-corrected chi connectivity index (χ2v) is 6.15. The van der Waals surface area contributed by atoms with E-state index in [1.807, 2.05) is 6.33 Å². The Bertz CT molecular complexity index is 579. The molecule has 0 unspecified atom stereocenters. The summed E-state index contributed by atoms with van der Waals surface area (Å²) in [6, 6.07) is 5.19. The van der Waals surface area contributed by atoms with E-state index >= 15 is 0 Å². The third kappa shape index (κ3) is 2.88. The Morgan fingerprint density at radius 3 is 2.70 bits per heavy atom. The van der Waals surface area contributed by atoms with E-state index < -0.39 is 0 Å². The van der Waals surface area contributed by atoms with Crippen molar-refractivity contribution in [2.75, 3.05) is 6.54 Å². The summed E-state index contributed by atoms with van der Waals surface area (Å²) in [7, 11) is 0. The molecule has 0 saturated heterocycles. The number of nitrogens with zero attached hydrogens (tertiary/aromatic N) is 2. The Hall–Kier alpha value is -1.35. The molecule has 1 N–H and O–H groups in total. The molecule has 0 bridgehead atoms. The number of hydrogen-bond donors (Lipinski definition) is 1. The van der Waals surface area contributed by atoms with Gasteiger partial charge in [-0.25, -0.2) is 4.98 Å². The molecule has 1 heterocycles. The molecule has 1 aliphatic carbocycles. The first-order valence-corrected chi connectivity index (χ1v) is 7.89. The highest BCUT2D eigenvalue weighted by Gasteiger charge is 2.12. The van der Waals surface area contributed by atoms with Crippen LogP contribution in [0.5, 0.6) is 0 Å². The zero-order valence-electron chi connectivity index (χ0n) is 12.7. The maximum absolute atomic E-state index is 4.52. The van der Waals surface area contributed by atoms with Crippen LogP contribution in [0.1, 0.15) is 43.2 Å². The molecule has 0 spiro atoms. The minimum Gasteiger partial charge on any atom is -0.329 e. The molecule has 1 aromatic heterocycles. The van der Waals surface area contributed by atoms with Gasteiger partial charge < -0.3 is 9.88 Å². The molecular formula is C17H25N3. The first-order chi connectivity index (χ1) is 9.74. The molecule has 108 valence electrons. The number of nitrogens with one attached hydrogen (secondary N) is 1. The topological polar surface area (TPSA) is 29.9 Å². The molecule has 3 rings (SSSR count). The molecular weight excluding hydrogens is 246 g/mol. The van der Waals surface area contributed by atoms with Crippen molar-refractivity contribution in [2.24, 2.45) is 0 Å². The Kier molecular flexibility index (Phi) is 4.06. The number of benzene rings is 1. The van der Waals surface area contributed by atoms with E-state index in [-0.39, 0.29) is 0 Å². The van der Waals surface area contributed by atoms with Crippen LogP contribution in [0, 0.1) is 13.8 Å². The zero-order valence-corrected chi connectivity index (χ0v) is 12.7. The minimum absolute atomic E-state index is 0.738. The van der Waals surface area contributed by atoms with Gasteiger partial charge in [-0.2, -0.15) is 0 Å². The molecule has 1 saturated carbocycles. The van der Waals surface area contributed by atoms with Crippen LogP contribution >= 0.6 is 0 Å². The molecule has 0 atom stereocenters. The van der Waals surface area contributed by atoms with E-state index in [0.717, 1.165) is 24.6 Å². The van der Waals surface area contributed by atoms with Crippen molar-refractivity contribution in [3.63, 3.8) is 0 Å². The van der Waals surface area contributed by atoms with E-state index in [1.54, 1.807) is 0 Å². The molecule has 0 amide bonds. The first-order valence-electron chi connectivity index (χ1n) is 7.89. The largest absolute Gasteiger partial charge is 0.329 e. The summed E-state index contributed by atoms with van der Waals surface area (Å²) in [6.07, 6.45) is 8.88. The molecule has 20 heavy (non-hydrogen) atoms. The number of imidazole rings is 1. The molecule has 3 heteroatoms. The average molecular weight is 271 g/mol. The third-order valence-corrected chi connectivity index (χ3v) is 4.63. The number of hydrogen-bond acceptors (Lipinski definition) is 2. The predicted molar refractivity (Wildman–Crippen MR) is 84.1 cm³/mol. The lowest BCUT2D eigenvalue weighted by atomic mass is 9.95. The van der Waals surface area contributed by atoms with E-state index in [1.165, 1.54) is 48.7 Å². The van der Waals surface area contributed by atoms with Gasteiger partial charge in [0.05, 0.1) is 17.4 Å². The van der Waals surface area contributed by atoms with Crippen LogP contribution in [0.2, 0.25) is 0 Å². The maximum atomic E-state index is 4.52. The van der Waals surface area contributed by atoms with Gasteiger partial charge in [0.1, 0.15) is 0 Å². The van der Waals surface area contributed by atoms with E-state index in [9.17, 15) is 0 Å². The molecule has 1 aromatic carbocycles. The quantitative estimate of drug-likeness (QED) is 0.921. The SMILES string of the molecule is Cc1cc2ncn(CCNC3CCCCC3)c2cc1C. The molecule has 1 aliphatic rings. The van der Waals surface area contributed by atoms with Crippen LogP contribution in [-0.4, -0.2) is 22.1 Å². The van der Waals surface area contributed by atoms with Crippen molar-refractivity contribution in [1.29, 1.82) is 0 Å². The van der Waals surface area contributed by atoms with Crippen molar-refractivity contribution in [1.82, 2.24) is 14.9 Å². The Morgan fingerprint density at radius 2 is 1.90 bits per heavy atom. The normalized spacial score (nSPS) is 16.9. The Morgan fingerprint density at radius 1 is 1.15 bits per heavy atom. The molecule has 0 aliphatic heterocycles. The van der Waals surface area contributed by atoms with Gasteiger partial charge in [0.2, 0.25) is 0 Å². The summed E-state index contributed by atoms with van der Waals surface area (Å²) in [5.74, 6) is 0. The van der Waals surface area contributed by atoms with Crippen LogP contribution < -0.4 is 5.32 Å². The number of rotatable bonds is 4. The summed E-state index contributed by atoms with van der Waals surface area (Å²) < 4.78 is 2.28. The van der Waals surface area contributed by atoms with Gasteiger partial charge in [0, 0.05) is 19.1 Å². The Labute approximate surface area is 121 Å². The smallest absolute Gasteiger partial charge is 0.0958 e. The van der Waals surface area contributed by atoms with Gasteiger partial charge >= 0.3 is 0 Å². The number of aryl methyl sites for hydroxylation is 2. The van der Waals surface area contributed by atoms with Crippen molar-refractivity contribution in [3.8, 4) is 0 Å². The standard InChI is InChI=1S/C17H25N3/c1-13-10-16-17(11-14(13)2)20(12-19-16)9-8-18-15-6-4-3-5-7-15/h10-12,15,18H,3-9H2,1-2H3. The van der Waals surface area contributed by atoms with Crippen LogP contribution in [0.25, 0.3) is 11.0 Å². The predicted octanol–water partition coefficient (Wildman–Crippen LogP) is 3.58. The highest BCUT2D eigenvalue weighted by molar-refractivity contribution is 5.77. The summed E-state index contributed by atoms with van der Waals surface area (Å²) in [5.41, 5.74) is 5.05. The van der Waals surface area contributed by atoms with Crippen LogP contribution in [0.3, 0.4) is 0 Å².